The highest BCUT2D eigenvalue weighted by Crippen LogP contribution is 2.17. The van der Waals surface area contributed by atoms with Crippen LogP contribution in [0.1, 0.15) is 20.3 Å². The van der Waals surface area contributed by atoms with Crippen LogP contribution in [-0.4, -0.2) is 42.4 Å². The van der Waals surface area contributed by atoms with Crippen molar-refractivity contribution in [2.75, 3.05) is 20.2 Å². The van der Waals surface area contributed by atoms with E-state index in [1.54, 1.807) is 0 Å². The van der Waals surface area contributed by atoms with E-state index in [9.17, 15) is 4.39 Å². The van der Waals surface area contributed by atoms with Crippen molar-refractivity contribution in [3.05, 3.63) is 0 Å². The lowest BCUT2D eigenvalue weighted by Gasteiger charge is -2.14. The first kappa shape index (κ1) is 10.8. The number of aliphatic hydroxyl groups excluding tert-OH is 1. The van der Waals surface area contributed by atoms with Crippen molar-refractivity contribution in [3.8, 4) is 0 Å². The summed E-state index contributed by atoms with van der Waals surface area (Å²) < 4.78 is 12.5. The van der Waals surface area contributed by atoms with Gasteiger partial charge in [-0.2, -0.15) is 0 Å². The van der Waals surface area contributed by atoms with Gasteiger partial charge in [-0.25, -0.2) is 4.39 Å². The molecule has 3 heteroatoms. The number of alkyl halides is 1. The van der Waals surface area contributed by atoms with Crippen LogP contribution >= 0.6 is 0 Å². The minimum absolute atomic E-state index is 0.0556. The Balaban J connectivity index is 0.000000461. The molecule has 0 aromatic carbocycles. The summed E-state index contributed by atoms with van der Waals surface area (Å²) in [7, 11) is 1.83. The molecule has 1 rings (SSSR count). The normalized spacial score (nSPS) is 31.4. The molecule has 1 fully saturated rings. The number of likely N-dealkylation sites (tertiary alicyclic amines) is 1. The minimum atomic E-state index is -0.729. The Morgan fingerprint density at radius 2 is 2.09 bits per heavy atom. The van der Waals surface area contributed by atoms with Gasteiger partial charge in [0.1, 0.15) is 6.17 Å². The largest absolute Gasteiger partial charge is 0.395 e. The lowest BCUT2D eigenvalue weighted by atomic mass is 10.2. The highest BCUT2D eigenvalue weighted by molar-refractivity contribution is 4.81. The molecule has 1 aliphatic rings. The van der Waals surface area contributed by atoms with E-state index in [4.69, 9.17) is 5.11 Å². The summed E-state index contributed by atoms with van der Waals surface area (Å²) in [5, 5.41) is 8.65. The molecular formula is C8H18FNO. The summed E-state index contributed by atoms with van der Waals surface area (Å²) in [4.78, 5) is 1.85. The first-order chi connectivity index (χ1) is 5.24. The summed E-state index contributed by atoms with van der Waals surface area (Å²) in [5.41, 5.74) is 0. The van der Waals surface area contributed by atoms with Gasteiger partial charge in [-0.15, -0.1) is 0 Å². The van der Waals surface area contributed by atoms with Gasteiger partial charge in [-0.05, 0) is 13.5 Å². The fourth-order valence-corrected chi connectivity index (χ4v) is 1.23. The van der Waals surface area contributed by atoms with E-state index >= 15 is 0 Å². The van der Waals surface area contributed by atoms with Crippen LogP contribution in [-0.2, 0) is 0 Å². The van der Waals surface area contributed by atoms with Crippen molar-refractivity contribution >= 4 is 0 Å². The third-order valence-corrected chi connectivity index (χ3v) is 1.85. The Bertz CT molecular complexity index is 100. The van der Waals surface area contributed by atoms with Crippen molar-refractivity contribution in [2.24, 2.45) is 0 Å². The lowest BCUT2D eigenvalue weighted by Crippen LogP contribution is -2.27. The Labute approximate surface area is 68.0 Å². The monoisotopic (exact) mass is 163 g/mol. The van der Waals surface area contributed by atoms with Gasteiger partial charge in [0.25, 0.3) is 0 Å². The van der Waals surface area contributed by atoms with Crippen molar-refractivity contribution in [2.45, 2.75) is 32.5 Å². The van der Waals surface area contributed by atoms with Crippen LogP contribution in [0.3, 0.4) is 0 Å². The number of nitrogens with zero attached hydrogens (tertiary/aromatic N) is 1. The number of hydrogen-bond donors (Lipinski definition) is 1. The van der Waals surface area contributed by atoms with E-state index in [2.05, 4.69) is 0 Å². The van der Waals surface area contributed by atoms with Crippen LogP contribution in [0.2, 0.25) is 0 Å². The zero-order valence-corrected chi connectivity index (χ0v) is 7.55. The second kappa shape index (κ2) is 5.49. The average Bonchev–Trinajstić information content (AvgIpc) is 2.33. The van der Waals surface area contributed by atoms with Crippen molar-refractivity contribution in [3.63, 3.8) is 0 Å². The van der Waals surface area contributed by atoms with Gasteiger partial charge < -0.3 is 5.11 Å². The Hall–Kier alpha value is -0.150. The van der Waals surface area contributed by atoms with Gasteiger partial charge in [-0.1, -0.05) is 13.8 Å². The maximum Gasteiger partial charge on any atom is 0.114 e. The molecule has 11 heavy (non-hydrogen) atoms. The molecular weight excluding hydrogens is 145 g/mol. The van der Waals surface area contributed by atoms with E-state index in [1.807, 2.05) is 25.8 Å². The summed E-state index contributed by atoms with van der Waals surface area (Å²) in [5.74, 6) is 0. The molecule has 0 amide bonds. The van der Waals surface area contributed by atoms with Crippen molar-refractivity contribution in [1.29, 1.82) is 0 Å². The fourth-order valence-electron chi connectivity index (χ4n) is 1.23. The van der Waals surface area contributed by atoms with Gasteiger partial charge in [0.2, 0.25) is 0 Å². The standard InChI is InChI=1S/C6H12FNO.C2H6/c1-8-3-5(7)2-6(8)4-9;1-2/h5-6,9H,2-4H2,1H3;1-2H3/t5-,6-;/m0./s1. The van der Waals surface area contributed by atoms with E-state index in [1.165, 1.54) is 0 Å². The lowest BCUT2D eigenvalue weighted by molar-refractivity contribution is 0.182. The number of likely N-dealkylation sites (N-methyl/N-ethyl adjacent to an activating group) is 1. The van der Waals surface area contributed by atoms with Crippen LogP contribution in [0.5, 0.6) is 0 Å². The topological polar surface area (TPSA) is 23.5 Å². The predicted octanol–water partition coefficient (Wildman–Crippen LogP) is 1.05. The molecule has 0 aromatic heterocycles. The summed E-state index contributed by atoms with van der Waals surface area (Å²) in [6.45, 7) is 4.56. The number of aliphatic hydroxyl groups is 1. The minimum Gasteiger partial charge on any atom is -0.395 e. The Kier molecular flexibility index (Phi) is 5.42. The van der Waals surface area contributed by atoms with Crippen LogP contribution in [0.4, 0.5) is 4.39 Å². The summed E-state index contributed by atoms with van der Waals surface area (Å²) >= 11 is 0. The third-order valence-electron chi connectivity index (χ3n) is 1.85. The maximum atomic E-state index is 12.5. The molecule has 1 N–H and O–H groups in total. The Morgan fingerprint density at radius 1 is 1.55 bits per heavy atom. The van der Waals surface area contributed by atoms with Crippen molar-refractivity contribution in [1.82, 2.24) is 4.90 Å². The highest BCUT2D eigenvalue weighted by atomic mass is 19.1. The smallest absolute Gasteiger partial charge is 0.114 e. The number of hydrogen-bond acceptors (Lipinski definition) is 2. The first-order valence-electron chi connectivity index (χ1n) is 4.19. The second-order valence-corrected chi connectivity index (χ2v) is 2.61. The van der Waals surface area contributed by atoms with Gasteiger partial charge in [0.05, 0.1) is 6.61 Å². The average molecular weight is 163 g/mol. The third kappa shape index (κ3) is 3.16. The molecule has 0 bridgehead atoms. The fraction of sp³-hybridized carbons (Fsp3) is 1.00. The van der Waals surface area contributed by atoms with Crippen LogP contribution in [0.15, 0.2) is 0 Å². The first-order valence-corrected chi connectivity index (χ1v) is 4.19. The van der Waals surface area contributed by atoms with E-state index in [0.717, 1.165) is 0 Å². The van der Waals surface area contributed by atoms with Crippen LogP contribution in [0, 0.1) is 0 Å². The highest BCUT2D eigenvalue weighted by Gasteiger charge is 2.28. The second-order valence-electron chi connectivity index (χ2n) is 2.61. The van der Waals surface area contributed by atoms with Gasteiger partial charge in [0.15, 0.2) is 0 Å². The predicted molar refractivity (Wildman–Crippen MR) is 44.4 cm³/mol. The summed E-state index contributed by atoms with van der Waals surface area (Å²) in [6, 6.07) is 0.0556. The number of rotatable bonds is 1. The zero-order chi connectivity index (χ0) is 8.85. The van der Waals surface area contributed by atoms with Crippen molar-refractivity contribution < 1.29 is 9.50 Å². The van der Waals surface area contributed by atoms with Gasteiger partial charge in [0, 0.05) is 12.6 Å². The van der Waals surface area contributed by atoms with Gasteiger partial charge in [-0.3, -0.25) is 4.90 Å². The maximum absolute atomic E-state index is 12.5. The molecule has 0 aromatic rings. The Morgan fingerprint density at radius 3 is 2.27 bits per heavy atom. The quantitative estimate of drug-likeness (QED) is 0.624. The zero-order valence-electron chi connectivity index (χ0n) is 7.55. The molecule has 2 nitrogen and oxygen atoms in total. The van der Waals surface area contributed by atoms with E-state index in [0.29, 0.717) is 13.0 Å². The van der Waals surface area contributed by atoms with Crippen LogP contribution < -0.4 is 0 Å². The molecule has 0 aliphatic carbocycles. The molecule has 1 heterocycles. The van der Waals surface area contributed by atoms with E-state index in [-0.39, 0.29) is 12.6 Å². The SMILES string of the molecule is CC.CN1C[C@@H](F)C[C@H]1CO. The molecule has 0 spiro atoms. The molecule has 0 radical (unpaired) electrons. The molecule has 0 unspecified atom stereocenters. The molecule has 2 atom stereocenters. The molecule has 1 aliphatic heterocycles. The molecule has 1 saturated heterocycles. The van der Waals surface area contributed by atoms with E-state index < -0.39 is 6.17 Å². The van der Waals surface area contributed by atoms with Gasteiger partial charge >= 0.3 is 0 Å². The number of halogens is 1. The van der Waals surface area contributed by atoms with Crippen LogP contribution in [0.25, 0.3) is 0 Å². The molecule has 68 valence electrons. The summed E-state index contributed by atoms with van der Waals surface area (Å²) in [6.07, 6.45) is -0.236. The molecule has 0 saturated carbocycles.